The fourth-order valence-electron chi connectivity index (χ4n) is 1.09. The fraction of sp³-hybridized carbons (Fsp3) is 0.250. The first-order valence-electron chi connectivity index (χ1n) is 4.86. The van der Waals surface area contributed by atoms with Gasteiger partial charge in [0, 0.05) is 0 Å². The zero-order valence-electron chi connectivity index (χ0n) is 9.78. The van der Waals surface area contributed by atoms with Gasteiger partial charge in [-0.3, -0.25) is 0 Å². The van der Waals surface area contributed by atoms with Crippen molar-refractivity contribution in [3.05, 3.63) is 34.0 Å². The monoisotopic (exact) mass is 300 g/mol. The van der Waals surface area contributed by atoms with Crippen molar-refractivity contribution in [3.63, 3.8) is 0 Å². The van der Waals surface area contributed by atoms with Crippen LogP contribution in [0.3, 0.4) is 0 Å². The number of ether oxygens (including phenoxy) is 2. The van der Waals surface area contributed by atoms with Crippen molar-refractivity contribution in [2.75, 3.05) is 7.11 Å². The van der Waals surface area contributed by atoms with Gasteiger partial charge in [-0.1, -0.05) is 0 Å². The number of allylic oxidation sites excluding steroid dienone is 1. The molecule has 0 aromatic heterocycles. The Balaban J connectivity index is 3.15. The maximum atomic E-state index is 11.3. The number of rotatable bonds is 3. The molecule has 1 rings (SSSR count). The molecule has 1 N–H and O–H groups in total. The van der Waals surface area contributed by atoms with E-state index >= 15 is 0 Å². The van der Waals surface area contributed by atoms with Gasteiger partial charge in [0.1, 0.15) is 16.0 Å². The van der Waals surface area contributed by atoms with Crippen molar-refractivity contribution in [1.29, 1.82) is 0 Å². The van der Waals surface area contributed by atoms with E-state index in [9.17, 15) is 9.90 Å². The number of halogens is 1. The minimum Gasteiger partial charge on any atom is -0.507 e. The number of esters is 1. The summed E-state index contributed by atoms with van der Waals surface area (Å²) in [5.74, 6) is -0.258. The highest BCUT2D eigenvalue weighted by atomic mass is 79.9. The van der Waals surface area contributed by atoms with Crippen LogP contribution in [0, 0.1) is 0 Å². The Labute approximate surface area is 108 Å². The molecular formula is C12H13BrO4. The SMILES string of the molecule is COC(=O)c1cc(O)c(Br)c(OC=C(C)C)c1. The van der Waals surface area contributed by atoms with E-state index < -0.39 is 5.97 Å². The molecule has 0 unspecified atom stereocenters. The average molecular weight is 301 g/mol. The summed E-state index contributed by atoms with van der Waals surface area (Å²) in [7, 11) is 1.28. The van der Waals surface area contributed by atoms with E-state index in [0.717, 1.165) is 5.57 Å². The molecule has 0 radical (unpaired) electrons. The van der Waals surface area contributed by atoms with Gasteiger partial charge < -0.3 is 14.6 Å². The van der Waals surface area contributed by atoms with Crippen LogP contribution in [-0.4, -0.2) is 18.2 Å². The highest BCUT2D eigenvalue weighted by Gasteiger charge is 2.13. The second-order valence-corrected chi connectivity index (χ2v) is 4.41. The molecule has 0 aliphatic carbocycles. The molecule has 0 amide bonds. The van der Waals surface area contributed by atoms with Gasteiger partial charge >= 0.3 is 5.97 Å². The van der Waals surface area contributed by atoms with Crippen molar-refractivity contribution in [1.82, 2.24) is 0 Å². The Bertz CT molecular complexity index is 462. The Morgan fingerprint density at radius 3 is 2.59 bits per heavy atom. The summed E-state index contributed by atoms with van der Waals surface area (Å²) in [6, 6.07) is 2.81. The molecule has 0 bridgehead atoms. The minimum absolute atomic E-state index is 0.0787. The summed E-state index contributed by atoms with van der Waals surface area (Å²) in [6.45, 7) is 3.75. The lowest BCUT2D eigenvalue weighted by Crippen LogP contribution is -2.01. The van der Waals surface area contributed by atoms with Crippen LogP contribution in [0.1, 0.15) is 24.2 Å². The van der Waals surface area contributed by atoms with E-state index in [1.165, 1.54) is 25.5 Å². The third kappa shape index (κ3) is 3.49. The lowest BCUT2D eigenvalue weighted by atomic mass is 10.2. The van der Waals surface area contributed by atoms with Crippen LogP contribution in [0.2, 0.25) is 0 Å². The quantitative estimate of drug-likeness (QED) is 0.688. The summed E-state index contributed by atoms with van der Waals surface area (Å²) >= 11 is 3.18. The summed E-state index contributed by atoms with van der Waals surface area (Å²) in [5, 5.41) is 9.64. The molecule has 0 heterocycles. The van der Waals surface area contributed by atoms with Crippen molar-refractivity contribution < 1.29 is 19.4 Å². The average Bonchev–Trinajstić information content (AvgIpc) is 2.29. The zero-order valence-corrected chi connectivity index (χ0v) is 11.4. The molecule has 0 aliphatic rings. The minimum atomic E-state index is -0.533. The highest BCUT2D eigenvalue weighted by Crippen LogP contribution is 2.35. The number of carbonyl (C=O) groups excluding carboxylic acids is 1. The molecule has 1 aromatic carbocycles. The van der Waals surface area contributed by atoms with Crippen molar-refractivity contribution in [2.24, 2.45) is 0 Å². The molecule has 17 heavy (non-hydrogen) atoms. The fourth-order valence-corrected chi connectivity index (χ4v) is 1.41. The first-order valence-corrected chi connectivity index (χ1v) is 5.66. The van der Waals surface area contributed by atoms with Gasteiger partial charge in [-0.15, -0.1) is 0 Å². The number of aromatic hydroxyl groups is 1. The highest BCUT2D eigenvalue weighted by molar-refractivity contribution is 9.10. The van der Waals surface area contributed by atoms with Gasteiger partial charge in [-0.25, -0.2) is 4.79 Å². The normalized spacial score (nSPS) is 9.65. The van der Waals surface area contributed by atoms with Crippen molar-refractivity contribution >= 4 is 21.9 Å². The third-order valence-corrected chi connectivity index (χ3v) is 2.66. The Kier molecular flexibility index (Phi) is 4.57. The Morgan fingerprint density at radius 2 is 2.06 bits per heavy atom. The maximum absolute atomic E-state index is 11.3. The van der Waals surface area contributed by atoms with Crippen LogP contribution in [0.25, 0.3) is 0 Å². The second kappa shape index (κ2) is 5.72. The van der Waals surface area contributed by atoms with Crippen LogP contribution >= 0.6 is 15.9 Å². The summed E-state index contributed by atoms with van der Waals surface area (Å²) in [4.78, 5) is 11.3. The number of carbonyl (C=O) groups is 1. The van der Waals surface area contributed by atoms with Gasteiger partial charge in [-0.05, 0) is 47.5 Å². The van der Waals surface area contributed by atoms with Crippen molar-refractivity contribution in [2.45, 2.75) is 13.8 Å². The maximum Gasteiger partial charge on any atom is 0.338 e. The Morgan fingerprint density at radius 1 is 1.41 bits per heavy atom. The number of phenolic OH excluding ortho intramolecular Hbond substituents is 1. The van der Waals surface area contributed by atoms with E-state index in [1.807, 2.05) is 13.8 Å². The van der Waals surface area contributed by atoms with E-state index in [4.69, 9.17) is 4.74 Å². The smallest absolute Gasteiger partial charge is 0.338 e. The number of phenols is 1. The molecule has 5 heteroatoms. The molecule has 0 spiro atoms. The van der Waals surface area contributed by atoms with Crippen LogP contribution < -0.4 is 4.74 Å². The first-order chi connectivity index (χ1) is 7.95. The molecule has 0 fully saturated rings. The largest absolute Gasteiger partial charge is 0.507 e. The molecular weight excluding hydrogens is 288 g/mol. The summed E-state index contributed by atoms with van der Waals surface area (Å²) < 4.78 is 10.3. The zero-order chi connectivity index (χ0) is 13.0. The molecule has 92 valence electrons. The lowest BCUT2D eigenvalue weighted by molar-refractivity contribution is 0.0600. The Hall–Kier alpha value is -1.49. The van der Waals surface area contributed by atoms with Crippen LogP contribution in [0.4, 0.5) is 0 Å². The van der Waals surface area contributed by atoms with Crippen molar-refractivity contribution in [3.8, 4) is 11.5 Å². The van der Waals surface area contributed by atoms with Crippen LogP contribution in [-0.2, 0) is 4.74 Å². The summed E-state index contributed by atoms with van der Waals surface area (Å²) in [6.07, 6.45) is 1.53. The predicted octanol–water partition coefficient (Wildman–Crippen LogP) is 3.24. The molecule has 1 aromatic rings. The number of hydrogen-bond acceptors (Lipinski definition) is 4. The standard InChI is InChI=1S/C12H13BrO4/c1-7(2)6-17-10-5-8(12(15)16-3)4-9(14)11(10)13/h4-6,14H,1-3H3. The second-order valence-electron chi connectivity index (χ2n) is 3.61. The van der Waals surface area contributed by atoms with Gasteiger partial charge in [0.25, 0.3) is 0 Å². The summed E-state index contributed by atoms with van der Waals surface area (Å²) in [5.41, 5.74) is 1.19. The van der Waals surface area contributed by atoms with Gasteiger partial charge in [0.15, 0.2) is 0 Å². The van der Waals surface area contributed by atoms with Gasteiger partial charge in [0.2, 0.25) is 0 Å². The van der Waals surface area contributed by atoms with E-state index in [0.29, 0.717) is 10.2 Å². The first kappa shape index (κ1) is 13.6. The third-order valence-electron chi connectivity index (χ3n) is 1.86. The van der Waals surface area contributed by atoms with E-state index in [2.05, 4.69) is 20.7 Å². The molecule has 0 saturated carbocycles. The molecule has 0 atom stereocenters. The van der Waals surface area contributed by atoms with E-state index in [-0.39, 0.29) is 11.3 Å². The lowest BCUT2D eigenvalue weighted by Gasteiger charge is -2.08. The van der Waals surface area contributed by atoms with Crippen LogP contribution in [0.15, 0.2) is 28.4 Å². The van der Waals surface area contributed by atoms with E-state index in [1.54, 1.807) is 0 Å². The number of hydrogen-bond donors (Lipinski definition) is 1. The van der Waals surface area contributed by atoms with Crippen LogP contribution in [0.5, 0.6) is 11.5 Å². The van der Waals surface area contributed by atoms with Gasteiger partial charge in [0.05, 0.1) is 18.9 Å². The predicted molar refractivity (Wildman–Crippen MR) is 67.2 cm³/mol. The molecule has 0 saturated heterocycles. The topological polar surface area (TPSA) is 55.8 Å². The molecule has 4 nitrogen and oxygen atoms in total. The number of benzene rings is 1. The molecule has 0 aliphatic heterocycles. The number of methoxy groups -OCH3 is 1. The van der Waals surface area contributed by atoms with Gasteiger partial charge in [-0.2, -0.15) is 0 Å².